The van der Waals surface area contributed by atoms with Crippen molar-refractivity contribution >= 4 is 0 Å². The van der Waals surface area contributed by atoms with Gasteiger partial charge in [0.25, 0.3) is 0 Å². The summed E-state index contributed by atoms with van der Waals surface area (Å²) in [7, 11) is 4.01. The molecule has 3 rings (SSSR count). The maximum absolute atomic E-state index is 4.41. The average Bonchev–Trinajstić information content (AvgIpc) is 2.97. The molecule has 0 radical (unpaired) electrons. The smallest absolute Gasteiger partial charge is 0.139 e. The molecule has 96 valence electrons. The number of hydrogen-bond donors (Lipinski definition) is 0. The summed E-state index contributed by atoms with van der Waals surface area (Å²) in [6.45, 7) is 2.10. The molecule has 0 atom stereocenters. The number of rotatable bonds is 2. The highest BCUT2D eigenvalue weighted by Crippen LogP contribution is 2.25. The minimum absolute atomic E-state index is 0.971. The summed E-state index contributed by atoms with van der Waals surface area (Å²) in [6, 6.07) is 6.43. The molecule has 0 aliphatic carbocycles. The topological polar surface area (TPSA) is 35.6 Å². The SMILES string of the molecule is Cc1cc(-c2nccn2C)cc(-c2nccn2C)c1. The van der Waals surface area contributed by atoms with E-state index in [-0.39, 0.29) is 0 Å². The molecule has 4 heteroatoms. The number of aromatic nitrogens is 4. The molecule has 0 amide bonds. The van der Waals surface area contributed by atoms with Crippen molar-refractivity contribution in [1.82, 2.24) is 19.1 Å². The van der Waals surface area contributed by atoms with Crippen LogP contribution in [-0.2, 0) is 14.1 Å². The Kier molecular flexibility index (Phi) is 2.71. The van der Waals surface area contributed by atoms with E-state index in [4.69, 9.17) is 0 Å². The molecule has 0 aliphatic rings. The van der Waals surface area contributed by atoms with Crippen molar-refractivity contribution in [2.45, 2.75) is 6.92 Å². The molecule has 4 nitrogen and oxygen atoms in total. The molecule has 0 saturated heterocycles. The normalized spacial score (nSPS) is 10.9. The first-order chi connectivity index (χ1) is 9.15. The zero-order chi connectivity index (χ0) is 13.4. The highest BCUT2D eigenvalue weighted by atomic mass is 15.0. The Hall–Kier alpha value is -2.36. The van der Waals surface area contributed by atoms with Crippen LogP contribution in [0.25, 0.3) is 22.8 Å². The first-order valence-electron chi connectivity index (χ1n) is 6.22. The molecule has 0 aliphatic heterocycles. The fraction of sp³-hybridized carbons (Fsp3) is 0.200. The van der Waals surface area contributed by atoms with E-state index in [0.29, 0.717) is 0 Å². The molecule has 0 N–H and O–H groups in total. The van der Waals surface area contributed by atoms with Crippen LogP contribution in [-0.4, -0.2) is 19.1 Å². The molecule has 0 fully saturated rings. The van der Waals surface area contributed by atoms with Crippen molar-refractivity contribution < 1.29 is 0 Å². The van der Waals surface area contributed by atoms with Gasteiger partial charge >= 0.3 is 0 Å². The summed E-state index contributed by atoms with van der Waals surface area (Å²) in [6.07, 6.45) is 7.55. The van der Waals surface area contributed by atoms with Crippen LogP contribution in [0.5, 0.6) is 0 Å². The summed E-state index contributed by atoms with van der Waals surface area (Å²) < 4.78 is 4.05. The van der Waals surface area contributed by atoms with E-state index >= 15 is 0 Å². The predicted molar refractivity (Wildman–Crippen MR) is 75.6 cm³/mol. The zero-order valence-corrected chi connectivity index (χ0v) is 11.3. The Morgan fingerprint density at radius 3 is 1.63 bits per heavy atom. The molecule has 3 aromatic rings. The molecular formula is C15H16N4. The van der Waals surface area contributed by atoms with Gasteiger partial charge in [-0.25, -0.2) is 9.97 Å². The Bertz CT molecular complexity index is 663. The fourth-order valence-electron chi connectivity index (χ4n) is 2.33. The lowest BCUT2D eigenvalue weighted by molar-refractivity contribution is 0.920. The molecular weight excluding hydrogens is 236 g/mol. The standard InChI is InChI=1S/C15H16N4/c1-11-8-12(14-16-4-6-18(14)2)10-13(9-11)15-17-5-7-19(15)3/h4-10H,1-3H3. The van der Waals surface area contributed by atoms with Crippen LogP contribution in [0.3, 0.4) is 0 Å². The molecule has 0 bridgehead atoms. The lowest BCUT2D eigenvalue weighted by Crippen LogP contribution is -1.95. The van der Waals surface area contributed by atoms with Crippen molar-refractivity contribution in [2.24, 2.45) is 14.1 Å². The average molecular weight is 252 g/mol. The molecule has 0 unspecified atom stereocenters. The second-order valence-electron chi connectivity index (χ2n) is 4.81. The van der Waals surface area contributed by atoms with Gasteiger partial charge in [0.15, 0.2) is 0 Å². The summed E-state index contributed by atoms with van der Waals surface area (Å²) in [5.74, 6) is 1.94. The Labute approximate surface area is 112 Å². The van der Waals surface area contributed by atoms with Crippen molar-refractivity contribution in [3.8, 4) is 22.8 Å². The second-order valence-corrected chi connectivity index (χ2v) is 4.81. The van der Waals surface area contributed by atoms with Crippen molar-refractivity contribution in [1.29, 1.82) is 0 Å². The maximum Gasteiger partial charge on any atom is 0.139 e. The summed E-state index contributed by atoms with van der Waals surface area (Å²) in [5, 5.41) is 0. The van der Waals surface area contributed by atoms with Gasteiger partial charge in [0.1, 0.15) is 11.6 Å². The van der Waals surface area contributed by atoms with Crippen LogP contribution in [0.15, 0.2) is 43.0 Å². The lowest BCUT2D eigenvalue weighted by atomic mass is 10.1. The number of imidazole rings is 2. The van der Waals surface area contributed by atoms with E-state index in [1.807, 2.05) is 48.0 Å². The summed E-state index contributed by atoms with van der Waals surface area (Å²) >= 11 is 0. The minimum Gasteiger partial charge on any atom is -0.334 e. The monoisotopic (exact) mass is 252 g/mol. The van der Waals surface area contributed by atoms with E-state index in [2.05, 4.69) is 35.1 Å². The van der Waals surface area contributed by atoms with E-state index in [1.54, 1.807) is 0 Å². The number of aryl methyl sites for hydroxylation is 3. The lowest BCUT2D eigenvalue weighted by Gasteiger charge is -2.08. The number of benzene rings is 1. The van der Waals surface area contributed by atoms with Crippen LogP contribution in [0.4, 0.5) is 0 Å². The summed E-state index contributed by atoms with van der Waals surface area (Å²) in [4.78, 5) is 8.82. The molecule has 19 heavy (non-hydrogen) atoms. The highest BCUT2D eigenvalue weighted by molar-refractivity contribution is 5.68. The van der Waals surface area contributed by atoms with E-state index in [1.165, 1.54) is 5.56 Å². The van der Waals surface area contributed by atoms with Gasteiger partial charge in [0.05, 0.1) is 0 Å². The summed E-state index contributed by atoms with van der Waals surface area (Å²) in [5.41, 5.74) is 3.44. The van der Waals surface area contributed by atoms with E-state index in [9.17, 15) is 0 Å². The van der Waals surface area contributed by atoms with E-state index in [0.717, 1.165) is 22.8 Å². The Balaban J connectivity index is 2.17. The van der Waals surface area contributed by atoms with Crippen LogP contribution in [0, 0.1) is 6.92 Å². The third kappa shape index (κ3) is 2.05. The van der Waals surface area contributed by atoms with Crippen molar-refractivity contribution in [2.75, 3.05) is 0 Å². The quantitative estimate of drug-likeness (QED) is 0.703. The van der Waals surface area contributed by atoms with Gasteiger partial charge in [-0.2, -0.15) is 0 Å². The molecule has 2 heterocycles. The Morgan fingerprint density at radius 2 is 1.26 bits per heavy atom. The maximum atomic E-state index is 4.41. The van der Waals surface area contributed by atoms with Gasteiger partial charge in [-0.1, -0.05) is 0 Å². The Morgan fingerprint density at radius 1 is 0.789 bits per heavy atom. The number of nitrogens with zero attached hydrogens (tertiary/aromatic N) is 4. The predicted octanol–water partition coefficient (Wildman–Crippen LogP) is 2.80. The van der Waals surface area contributed by atoms with Gasteiger partial charge in [0, 0.05) is 50.0 Å². The fourth-order valence-corrected chi connectivity index (χ4v) is 2.33. The second kappa shape index (κ2) is 4.39. The third-order valence-corrected chi connectivity index (χ3v) is 3.24. The first kappa shape index (κ1) is 11.7. The van der Waals surface area contributed by atoms with Crippen LogP contribution in [0.2, 0.25) is 0 Å². The molecule has 2 aromatic heterocycles. The van der Waals surface area contributed by atoms with Gasteiger partial charge in [-0.3, -0.25) is 0 Å². The zero-order valence-electron chi connectivity index (χ0n) is 11.3. The largest absolute Gasteiger partial charge is 0.334 e. The molecule has 0 spiro atoms. The van der Waals surface area contributed by atoms with Crippen LogP contribution in [0.1, 0.15) is 5.56 Å². The van der Waals surface area contributed by atoms with Crippen LogP contribution >= 0.6 is 0 Å². The van der Waals surface area contributed by atoms with Gasteiger partial charge in [0.2, 0.25) is 0 Å². The van der Waals surface area contributed by atoms with E-state index < -0.39 is 0 Å². The first-order valence-corrected chi connectivity index (χ1v) is 6.22. The molecule has 1 aromatic carbocycles. The third-order valence-electron chi connectivity index (χ3n) is 3.24. The van der Waals surface area contributed by atoms with Gasteiger partial charge in [-0.05, 0) is 30.7 Å². The number of hydrogen-bond acceptors (Lipinski definition) is 2. The van der Waals surface area contributed by atoms with Crippen molar-refractivity contribution in [3.63, 3.8) is 0 Å². The minimum atomic E-state index is 0.971. The van der Waals surface area contributed by atoms with Gasteiger partial charge in [-0.15, -0.1) is 0 Å². The van der Waals surface area contributed by atoms with Gasteiger partial charge < -0.3 is 9.13 Å². The molecule has 0 saturated carbocycles. The highest BCUT2D eigenvalue weighted by Gasteiger charge is 2.09. The van der Waals surface area contributed by atoms with Crippen molar-refractivity contribution in [3.05, 3.63) is 48.5 Å². The van der Waals surface area contributed by atoms with Crippen LogP contribution < -0.4 is 0 Å².